The van der Waals surface area contributed by atoms with Crippen LogP contribution in [0.1, 0.15) is 42.6 Å². The summed E-state index contributed by atoms with van der Waals surface area (Å²) < 4.78 is 26.9. The third kappa shape index (κ3) is 6.79. The van der Waals surface area contributed by atoms with Crippen LogP contribution in [-0.4, -0.2) is 38.0 Å². The Balaban J connectivity index is 2.74. The number of carboxylic acids is 1. The molecule has 128 valence electrons. The zero-order valence-electron chi connectivity index (χ0n) is 13.4. The van der Waals surface area contributed by atoms with Crippen molar-refractivity contribution in [2.75, 3.05) is 7.05 Å². The molecule has 0 bridgehead atoms. The molecule has 0 spiro atoms. The molecule has 1 rings (SSSR count). The highest BCUT2D eigenvalue weighted by Crippen LogP contribution is 2.15. The number of amides is 1. The fraction of sp³-hybridized carbons (Fsp3) is 0.467. The van der Waals surface area contributed by atoms with Gasteiger partial charge in [-0.3, -0.25) is 9.59 Å². The minimum Gasteiger partial charge on any atom is -0.481 e. The Morgan fingerprint density at radius 3 is 2.22 bits per heavy atom. The van der Waals surface area contributed by atoms with E-state index in [2.05, 4.69) is 10.0 Å². The maximum absolute atomic E-state index is 12.2. The van der Waals surface area contributed by atoms with Crippen LogP contribution in [0.25, 0.3) is 0 Å². The van der Waals surface area contributed by atoms with E-state index in [1.54, 1.807) is 38.1 Å². The molecule has 8 heteroatoms. The predicted molar refractivity (Wildman–Crippen MR) is 86.5 cm³/mol. The summed E-state index contributed by atoms with van der Waals surface area (Å²) in [5, 5.41) is 11.2. The van der Waals surface area contributed by atoms with Crippen molar-refractivity contribution in [1.82, 2.24) is 10.0 Å². The smallest absolute Gasteiger partial charge is 0.303 e. The van der Waals surface area contributed by atoms with Crippen LogP contribution in [0.4, 0.5) is 0 Å². The number of benzene rings is 1. The largest absolute Gasteiger partial charge is 0.481 e. The van der Waals surface area contributed by atoms with Gasteiger partial charge in [-0.2, -0.15) is 0 Å². The molecule has 3 N–H and O–H groups in total. The van der Waals surface area contributed by atoms with Crippen LogP contribution in [0.5, 0.6) is 0 Å². The van der Waals surface area contributed by atoms with E-state index in [1.165, 1.54) is 7.05 Å². The minimum atomic E-state index is -3.62. The zero-order valence-corrected chi connectivity index (χ0v) is 14.2. The van der Waals surface area contributed by atoms with E-state index < -0.39 is 21.5 Å². The SMILES string of the molecule is CNC(=O)c1ccc(CS(=O)(=O)NC(C)(C)CCC(=O)O)cc1. The van der Waals surface area contributed by atoms with Crippen molar-refractivity contribution in [1.29, 1.82) is 0 Å². The van der Waals surface area contributed by atoms with Crippen LogP contribution in [0.15, 0.2) is 24.3 Å². The Bertz CT molecular complexity index is 666. The maximum Gasteiger partial charge on any atom is 0.303 e. The van der Waals surface area contributed by atoms with Crippen LogP contribution in [0.2, 0.25) is 0 Å². The third-order valence-electron chi connectivity index (χ3n) is 3.20. The van der Waals surface area contributed by atoms with Gasteiger partial charge in [0.15, 0.2) is 0 Å². The number of hydrogen-bond acceptors (Lipinski definition) is 4. The van der Waals surface area contributed by atoms with Crippen LogP contribution in [0, 0.1) is 0 Å². The number of hydrogen-bond donors (Lipinski definition) is 3. The fourth-order valence-corrected chi connectivity index (χ4v) is 3.69. The lowest BCUT2D eigenvalue weighted by Crippen LogP contribution is -2.44. The molecule has 0 aliphatic heterocycles. The van der Waals surface area contributed by atoms with Crippen LogP contribution < -0.4 is 10.0 Å². The van der Waals surface area contributed by atoms with E-state index in [-0.39, 0.29) is 24.5 Å². The van der Waals surface area contributed by atoms with E-state index in [0.717, 1.165) is 0 Å². The van der Waals surface area contributed by atoms with Crippen molar-refractivity contribution in [3.63, 3.8) is 0 Å². The molecule has 0 aromatic heterocycles. The summed E-state index contributed by atoms with van der Waals surface area (Å²) in [6.07, 6.45) is 0.0769. The standard InChI is InChI=1S/C15H22N2O5S/c1-15(2,9-8-13(18)19)17-23(21,22)10-11-4-6-12(7-5-11)14(20)16-3/h4-7,17H,8-10H2,1-3H3,(H,16,20)(H,18,19). The van der Waals surface area contributed by atoms with Crippen LogP contribution in [-0.2, 0) is 20.6 Å². The first-order valence-corrected chi connectivity index (χ1v) is 8.74. The molecule has 0 saturated heterocycles. The molecule has 0 radical (unpaired) electrons. The van der Waals surface area contributed by atoms with Gasteiger partial charge in [0, 0.05) is 24.6 Å². The van der Waals surface area contributed by atoms with E-state index >= 15 is 0 Å². The lowest BCUT2D eigenvalue weighted by Gasteiger charge is -2.25. The van der Waals surface area contributed by atoms with Crippen LogP contribution in [0.3, 0.4) is 0 Å². The minimum absolute atomic E-state index is 0.115. The predicted octanol–water partition coefficient (Wildman–Crippen LogP) is 1.11. The van der Waals surface area contributed by atoms with E-state index in [0.29, 0.717) is 11.1 Å². The van der Waals surface area contributed by atoms with Gasteiger partial charge in [-0.1, -0.05) is 12.1 Å². The van der Waals surface area contributed by atoms with Gasteiger partial charge in [0.2, 0.25) is 10.0 Å². The number of carboxylic acid groups (broad SMARTS) is 1. The first-order chi connectivity index (χ1) is 10.5. The summed E-state index contributed by atoms with van der Waals surface area (Å²) in [4.78, 5) is 22.0. The first-order valence-electron chi connectivity index (χ1n) is 7.09. The van der Waals surface area contributed by atoms with Crippen molar-refractivity contribution >= 4 is 21.9 Å². The topological polar surface area (TPSA) is 113 Å². The van der Waals surface area contributed by atoms with Gasteiger partial charge in [-0.25, -0.2) is 13.1 Å². The molecule has 0 saturated carbocycles. The first kappa shape index (κ1) is 19.1. The lowest BCUT2D eigenvalue weighted by atomic mass is 10.0. The number of carbonyl (C=O) groups is 2. The Labute approximate surface area is 136 Å². The Kier molecular flexibility index (Phi) is 6.28. The second kappa shape index (κ2) is 7.56. The van der Waals surface area contributed by atoms with Crippen molar-refractivity contribution in [2.24, 2.45) is 0 Å². The number of rotatable bonds is 8. The lowest BCUT2D eigenvalue weighted by molar-refractivity contribution is -0.137. The summed E-state index contributed by atoms with van der Waals surface area (Å²) in [7, 11) is -2.10. The van der Waals surface area contributed by atoms with Gasteiger partial charge < -0.3 is 10.4 Å². The summed E-state index contributed by atoms with van der Waals surface area (Å²) in [5.74, 6) is -1.45. The van der Waals surface area contributed by atoms with Gasteiger partial charge >= 0.3 is 5.97 Å². The van der Waals surface area contributed by atoms with E-state index in [9.17, 15) is 18.0 Å². The molecule has 1 amide bonds. The monoisotopic (exact) mass is 342 g/mol. The number of carbonyl (C=O) groups excluding carboxylic acids is 1. The Hall–Kier alpha value is -1.93. The molecular weight excluding hydrogens is 320 g/mol. The highest BCUT2D eigenvalue weighted by Gasteiger charge is 2.25. The number of aliphatic carboxylic acids is 1. The van der Waals surface area contributed by atoms with E-state index in [1.807, 2.05) is 0 Å². The quantitative estimate of drug-likeness (QED) is 0.655. The molecule has 1 aromatic carbocycles. The zero-order chi connectivity index (χ0) is 17.7. The van der Waals surface area contributed by atoms with Crippen molar-refractivity contribution in [3.05, 3.63) is 35.4 Å². The van der Waals surface area contributed by atoms with Gasteiger partial charge in [0.25, 0.3) is 5.91 Å². The summed E-state index contributed by atoms with van der Waals surface area (Å²) in [6.45, 7) is 3.28. The molecule has 0 atom stereocenters. The molecule has 0 fully saturated rings. The average Bonchev–Trinajstić information content (AvgIpc) is 2.43. The summed E-state index contributed by atoms with van der Waals surface area (Å²) >= 11 is 0. The van der Waals surface area contributed by atoms with Crippen LogP contribution >= 0.6 is 0 Å². The Morgan fingerprint density at radius 1 is 1.17 bits per heavy atom. The Morgan fingerprint density at radius 2 is 1.74 bits per heavy atom. The summed E-state index contributed by atoms with van der Waals surface area (Å²) in [6, 6.07) is 6.26. The molecular formula is C15H22N2O5S. The van der Waals surface area contributed by atoms with Crippen molar-refractivity contribution < 1.29 is 23.1 Å². The van der Waals surface area contributed by atoms with Crippen molar-refractivity contribution in [2.45, 2.75) is 38.0 Å². The molecule has 1 aromatic rings. The second-order valence-electron chi connectivity index (χ2n) is 5.91. The second-order valence-corrected chi connectivity index (χ2v) is 7.64. The maximum atomic E-state index is 12.2. The summed E-state index contributed by atoms with van der Waals surface area (Å²) in [5.41, 5.74) is 0.141. The highest BCUT2D eigenvalue weighted by molar-refractivity contribution is 7.88. The molecule has 0 heterocycles. The normalized spacial score (nSPS) is 12.0. The van der Waals surface area contributed by atoms with Gasteiger partial charge in [0.1, 0.15) is 0 Å². The molecule has 0 aliphatic rings. The average molecular weight is 342 g/mol. The van der Waals surface area contributed by atoms with Gasteiger partial charge in [-0.05, 0) is 38.0 Å². The van der Waals surface area contributed by atoms with Gasteiger partial charge in [0.05, 0.1) is 5.75 Å². The number of nitrogens with one attached hydrogen (secondary N) is 2. The third-order valence-corrected chi connectivity index (χ3v) is 4.77. The van der Waals surface area contributed by atoms with E-state index in [4.69, 9.17) is 5.11 Å². The van der Waals surface area contributed by atoms with Gasteiger partial charge in [-0.15, -0.1) is 0 Å². The number of sulfonamides is 1. The van der Waals surface area contributed by atoms with Crippen molar-refractivity contribution in [3.8, 4) is 0 Å². The molecule has 0 aliphatic carbocycles. The highest BCUT2D eigenvalue weighted by atomic mass is 32.2. The fourth-order valence-electron chi connectivity index (χ4n) is 2.04. The molecule has 23 heavy (non-hydrogen) atoms. The molecule has 0 unspecified atom stereocenters. The molecule has 7 nitrogen and oxygen atoms in total.